The Morgan fingerprint density at radius 1 is 1.25 bits per heavy atom. The van der Waals surface area contributed by atoms with Gasteiger partial charge in [0, 0.05) is 13.1 Å². The van der Waals surface area contributed by atoms with Gasteiger partial charge >= 0.3 is 0 Å². The predicted molar refractivity (Wildman–Crippen MR) is 63.2 cm³/mol. The summed E-state index contributed by atoms with van der Waals surface area (Å²) in [6.07, 6.45) is 4.19. The van der Waals surface area contributed by atoms with E-state index in [1.165, 1.54) is 6.42 Å². The van der Waals surface area contributed by atoms with Crippen molar-refractivity contribution in [1.82, 2.24) is 9.80 Å². The fraction of sp³-hybridized carbons (Fsp3) is 0.833. The van der Waals surface area contributed by atoms with E-state index in [9.17, 15) is 9.59 Å². The molecule has 1 saturated heterocycles. The molecule has 4 heteroatoms. The lowest BCUT2D eigenvalue weighted by atomic mass is 10.1. The summed E-state index contributed by atoms with van der Waals surface area (Å²) in [6, 6.07) is -0.555. The molecule has 0 radical (unpaired) electrons. The van der Waals surface area contributed by atoms with E-state index >= 15 is 0 Å². The van der Waals surface area contributed by atoms with Gasteiger partial charge in [0.05, 0.1) is 0 Å². The number of carbonyl (C=O) groups is 2. The van der Waals surface area contributed by atoms with Crippen LogP contribution in [0.3, 0.4) is 0 Å². The minimum absolute atomic E-state index is 0.0399. The number of aldehydes is 1. The molecule has 0 spiro atoms. The van der Waals surface area contributed by atoms with E-state index < -0.39 is 6.04 Å². The Kier molecular flexibility index (Phi) is 5.46. The molecule has 4 nitrogen and oxygen atoms in total. The Morgan fingerprint density at radius 2 is 1.81 bits per heavy atom. The van der Waals surface area contributed by atoms with Gasteiger partial charge in [-0.05, 0) is 39.8 Å². The molecular weight excluding hydrogens is 204 g/mol. The summed E-state index contributed by atoms with van der Waals surface area (Å²) in [5.74, 6) is -0.0399. The normalized spacial score (nSPS) is 19.1. The van der Waals surface area contributed by atoms with Crippen LogP contribution in [0.5, 0.6) is 0 Å². The van der Waals surface area contributed by atoms with Crippen molar-refractivity contribution >= 4 is 12.2 Å². The van der Waals surface area contributed by atoms with Gasteiger partial charge in [-0.3, -0.25) is 9.69 Å². The molecule has 0 bridgehead atoms. The van der Waals surface area contributed by atoms with Crippen molar-refractivity contribution in [2.45, 2.75) is 39.2 Å². The van der Waals surface area contributed by atoms with Crippen molar-refractivity contribution in [3.8, 4) is 0 Å². The largest absolute Gasteiger partial charge is 0.342 e. The van der Waals surface area contributed by atoms with E-state index in [0.29, 0.717) is 13.1 Å². The number of rotatable bonds is 5. The van der Waals surface area contributed by atoms with Gasteiger partial charge in [0.15, 0.2) is 0 Å². The second-order valence-corrected chi connectivity index (χ2v) is 4.19. The minimum Gasteiger partial charge on any atom is -0.342 e. The molecule has 1 aliphatic rings. The summed E-state index contributed by atoms with van der Waals surface area (Å²) in [6.45, 7) is 6.98. The molecule has 0 aromatic rings. The molecule has 0 aromatic heterocycles. The molecule has 92 valence electrons. The maximum absolute atomic E-state index is 12.1. The van der Waals surface area contributed by atoms with Gasteiger partial charge in [-0.1, -0.05) is 6.42 Å². The molecule has 0 aliphatic carbocycles. The minimum atomic E-state index is -0.555. The van der Waals surface area contributed by atoms with Gasteiger partial charge in [-0.2, -0.15) is 0 Å². The maximum atomic E-state index is 12.1. The van der Waals surface area contributed by atoms with E-state index in [0.717, 1.165) is 32.2 Å². The van der Waals surface area contributed by atoms with Gasteiger partial charge in [0.25, 0.3) is 0 Å². The van der Waals surface area contributed by atoms with Crippen molar-refractivity contribution in [2.24, 2.45) is 0 Å². The third-order valence-electron chi connectivity index (χ3n) is 3.24. The van der Waals surface area contributed by atoms with Crippen molar-refractivity contribution in [2.75, 3.05) is 26.2 Å². The fourth-order valence-electron chi connectivity index (χ4n) is 2.22. The Balaban J connectivity index is 2.64. The fourth-order valence-corrected chi connectivity index (χ4v) is 2.22. The molecule has 16 heavy (non-hydrogen) atoms. The van der Waals surface area contributed by atoms with Crippen LogP contribution in [0.2, 0.25) is 0 Å². The van der Waals surface area contributed by atoms with Crippen LogP contribution in [0.15, 0.2) is 0 Å². The van der Waals surface area contributed by atoms with Crippen molar-refractivity contribution < 1.29 is 9.59 Å². The Hall–Kier alpha value is -0.900. The van der Waals surface area contributed by atoms with Crippen molar-refractivity contribution in [3.05, 3.63) is 0 Å². The van der Waals surface area contributed by atoms with Crippen LogP contribution >= 0.6 is 0 Å². The molecule has 1 rings (SSSR count). The molecule has 0 aromatic carbocycles. The number of likely N-dealkylation sites (N-methyl/N-ethyl adjacent to an activating group) is 1. The second kappa shape index (κ2) is 6.63. The zero-order chi connectivity index (χ0) is 12.0. The lowest BCUT2D eigenvalue weighted by Gasteiger charge is -2.33. The first-order valence-electron chi connectivity index (χ1n) is 6.22. The number of hydrogen-bond donors (Lipinski definition) is 0. The molecule has 1 fully saturated rings. The van der Waals surface area contributed by atoms with E-state index in [1.54, 1.807) is 4.90 Å². The Morgan fingerprint density at radius 3 is 2.25 bits per heavy atom. The zero-order valence-electron chi connectivity index (χ0n) is 10.3. The third-order valence-corrected chi connectivity index (χ3v) is 3.24. The van der Waals surface area contributed by atoms with E-state index in [4.69, 9.17) is 0 Å². The van der Waals surface area contributed by atoms with Crippen LogP contribution in [0, 0.1) is 0 Å². The molecule has 1 unspecified atom stereocenters. The summed E-state index contributed by atoms with van der Waals surface area (Å²) >= 11 is 0. The van der Waals surface area contributed by atoms with Crippen LogP contribution < -0.4 is 0 Å². The average Bonchev–Trinajstić information content (AvgIpc) is 2.33. The summed E-state index contributed by atoms with van der Waals surface area (Å²) in [5, 5.41) is 0. The highest BCUT2D eigenvalue weighted by Crippen LogP contribution is 2.12. The molecule has 1 heterocycles. The molecule has 1 aliphatic heterocycles. The highest BCUT2D eigenvalue weighted by Gasteiger charge is 2.29. The van der Waals surface area contributed by atoms with E-state index in [2.05, 4.69) is 0 Å². The molecule has 1 amide bonds. The number of hydrogen-bond acceptors (Lipinski definition) is 3. The molecule has 0 N–H and O–H groups in total. The molecule has 0 saturated carbocycles. The van der Waals surface area contributed by atoms with Crippen LogP contribution in [0.1, 0.15) is 33.1 Å². The lowest BCUT2D eigenvalue weighted by Crippen LogP contribution is -2.51. The Bertz CT molecular complexity index is 233. The molecule has 1 atom stereocenters. The summed E-state index contributed by atoms with van der Waals surface area (Å²) in [5.41, 5.74) is 0. The van der Waals surface area contributed by atoms with E-state index in [1.807, 2.05) is 18.7 Å². The van der Waals surface area contributed by atoms with Gasteiger partial charge in [0.2, 0.25) is 5.91 Å². The SMILES string of the molecule is CCN(CC)C(=O)C(C=O)N1CCCCC1. The van der Waals surface area contributed by atoms with Crippen molar-refractivity contribution in [3.63, 3.8) is 0 Å². The van der Waals surface area contributed by atoms with Gasteiger partial charge < -0.3 is 9.69 Å². The zero-order valence-corrected chi connectivity index (χ0v) is 10.3. The first-order chi connectivity index (χ1) is 7.74. The third kappa shape index (κ3) is 3.04. The summed E-state index contributed by atoms with van der Waals surface area (Å²) in [4.78, 5) is 26.9. The number of carbonyl (C=O) groups excluding carboxylic acids is 2. The first-order valence-corrected chi connectivity index (χ1v) is 6.22. The Labute approximate surface area is 97.6 Å². The number of nitrogens with zero attached hydrogens (tertiary/aromatic N) is 2. The first kappa shape index (κ1) is 13.2. The van der Waals surface area contributed by atoms with Crippen LogP contribution in [-0.4, -0.2) is 54.2 Å². The van der Waals surface area contributed by atoms with Crippen LogP contribution in [0.4, 0.5) is 0 Å². The lowest BCUT2D eigenvalue weighted by molar-refractivity contribution is -0.139. The smallest absolute Gasteiger partial charge is 0.247 e. The highest BCUT2D eigenvalue weighted by atomic mass is 16.2. The monoisotopic (exact) mass is 226 g/mol. The number of piperidine rings is 1. The van der Waals surface area contributed by atoms with Gasteiger partial charge in [-0.15, -0.1) is 0 Å². The number of amides is 1. The highest BCUT2D eigenvalue weighted by molar-refractivity contribution is 5.95. The topological polar surface area (TPSA) is 40.6 Å². The second-order valence-electron chi connectivity index (χ2n) is 4.19. The van der Waals surface area contributed by atoms with Crippen LogP contribution in [-0.2, 0) is 9.59 Å². The average molecular weight is 226 g/mol. The standard InChI is InChI=1S/C12H22N2O2/c1-3-13(4-2)12(16)11(10-15)14-8-6-5-7-9-14/h10-11H,3-9H2,1-2H3. The van der Waals surface area contributed by atoms with Gasteiger partial charge in [-0.25, -0.2) is 0 Å². The van der Waals surface area contributed by atoms with Crippen LogP contribution in [0.25, 0.3) is 0 Å². The van der Waals surface area contributed by atoms with Gasteiger partial charge in [0.1, 0.15) is 12.3 Å². The van der Waals surface area contributed by atoms with Crippen molar-refractivity contribution in [1.29, 1.82) is 0 Å². The van der Waals surface area contributed by atoms with E-state index in [-0.39, 0.29) is 5.91 Å². The quantitative estimate of drug-likeness (QED) is 0.517. The molecular formula is C12H22N2O2. The maximum Gasteiger partial charge on any atom is 0.247 e. The predicted octanol–water partition coefficient (Wildman–Crippen LogP) is 0.908. The summed E-state index contributed by atoms with van der Waals surface area (Å²) < 4.78 is 0. The number of likely N-dealkylation sites (tertiary alicyclic amines) is 1. The summed E-state index contributed by atoms with van der Waals surface area (Å²) in [7, 11) is 0.